The molecule has 0 N–H and O–H groups in total. The third kappa shape index (κ3) is 3.62. The molecule has 206 valence electrons. The maximum Gasteiger partial charge on any atom is 0.0468 e. The first-order valence-electron chi connectivity index (χ1n) is 14.8. The van der Waals surface area contributed by atoms with Crippen LogP contribution >= 0.6 is 34.0 Å². The predicted octanol–water partition coefficient (Wildman–Crippen LogP) is 13.4. The Morgan fingerprint density at radius 2 is 0.750 bits per heavy atom. The van der Waals surface area contributed by atoms with Gasteiger partial charge in [0.25, 0.3) is 0 Å². The molecule has 0 bridgehead atoms. The molecule has 0 radical (unpaired) electrons. The molecule has 0 aliphatic rings. The average molecular weight is 614 g/mol. The summed E-state index contributed by atoms with van der Waals surface area (Å²) >= 11 is 5.63. The highest BCUT2D eigenvalue weighted by molar-refractivity contribution is 7.27. The van der Waals surface area contributed by atoms with Crippen LogP contribution in [0.2, 0.25) is 0 Å². The number of anilines is 3. The summed E-state index contributed by atoms with van der Waals surface area (Å²) in [5, 5.41) is 10.5. The van der Waals surface area contributed by atoms with Crippen LogP contribution < -0.4 is 4.90 Å². The Morgan fingerprint density at radius 1 is 0.318 bits per heavy atom. The quantitative estimate of drug-likeness (QED) is 0.192. The molecular weight excluding hydrogens is 591 g/mol. The van der Waals surface area contributed by atoms with E-state index >= 15 is 0 Å². The summed E-state index contributed by atoms with van der Waals surface area (Å²) in [6.45, 7) is 0. The number of rotatable bonds is 3. The minimum Gasteiger partial charge on any atom is -0.310 e. The second kappa shape index (κ2) is 9.38. The lowest BCUT2D eigenvalue weighted by Gasteiger charge is -2.26. The summed E-state index contributed by atoms with van der Waals surface area (Å²) < 4.78 is 7.98. The van der Waals surface area contributed by atoms with Gasteiger partial charge in [-0.25, -0.2) is 0 Å². The zero-order chi connectivity index (χ0) is 28.8. The lowest BCUT2D eigenvalue weighted by atomic mass is 10.0. The Labute approximate surface area is 265 Å². The van der Waals surface area contributed by atoms with Crippen molar-refractivity contribution in [1.29, 1.82) is 0 Å². The maximum atomic E-state index is 2.45. The first-order chi connectivity index (χ1) is 21.8. The highest BCUT2D eigenvalue weighted by Crippen LogP contribution is 2.45. The third-order valence-corrected chi connectivity index (χ3v) is 12.4. The third-order valence-electron chi connectivity index (χ3n) is 8.84. The smallest absolute Gasteiger partial charge is 0.0468 e. The van der Waals surface area contributed by atoms with Crippen LogP contribution in [0.1, 0.15) is 0 Å². The fourth-order valence-corrected chi connectivity index (χ4v) is 10.2. The lowest BCUT2D eigenvalue weighted by molar-refractivity contribution is 1.30. The van der Waals surface area contributed by atoms with E-state index in [-0.39, 0.29) is 0 Å². The van der Waals surface area contributed by atoms with Crippen molar-refractivity contribution in [2.24, 2.45) is 0 Å². The van der Waals surface area contributed by atoms with Gasteiger partial charge in [-0.15, -0.1) is 34.0 Å². The first kappa shape index (κ1) is 24.7. The SMILES string of the molecule is c1ccc2c(c1)sc1ccc(N(c3ccc4sc5ccccc5c4c3)c3ccc4ccc5c6ccccc6sc5c4c3)cc12. The van der Waals surface area contributed by atoms with Gasteiger partial charge < -0.3 is 4.90 Å². The Kier molecular flexibility index (Phi) is 5.26. The molecule has 0 aliphatic carbocycles. The molecule has 3 aromatic heterocycles. The van der Waals surface area contributed by atoms with E-state index in [0.29, 0.717) is 0 Å². The van der Waals surface area contributed by atoms with Crippen molar-refractivity contribution in [2.75, 3.05) is 4.90 Å². The summed E-state index contributed by atoms with van der Waals surface area (Å²) in [5.74, 6) is 0. The van der Waals surface area contributed by atoms with E-state index < -0.39 is 0 Å². The van der Waals surface area contributed by atoms with Crippen molar-refractivity contribution in [1.82, 2.24) is 0 Å². The molecule has 4 heteroatoms. The first-order valence-corrected chi connectivity index (χ1v) is 17.2. The van der Waals surface area contributed by atoms with Gasteiger partial charge in [-0.1, -0.05) is 72.8 Å². The Hall–Kier alpha value is -4.74. The topological polar surface area (TPSA) is 3.24 Å². The zero-order valence-corrected chi connectivity index (χ0v) is 25.9. The van der Waals surface area contributed by atoms with Crippen LogP contribution in [0.25, 0.3) is 71.3 Å². The summed E-state index contributed by atoms with van der Waals surface area (Å²) in [4.78, 5) is 2.45. The van der Waals surface area contributed by atoms with Crippen molar-refractivity contribution < 1.29 is 0 Å². The van der Waals surface area contributed by atoms with Crippen LogP contribution in [0.4, 0.5) is 17.1 Å². The molecule has 7 aromatic carbocycles. The average Bonchev–Trinajstić information content (AvgIpc) is 3.76. The number of hydrogen-bond donors (Lipinski definition) is 0. The highest BCUT2D eigenvalue weighted by Gasteiger charge is 2.18. The van der Waals surface area contributed by atoms with Gasteiger partial charge in [-0.2, -0.15) is 0 Å². The van der Waals surface area contributed by atoms with Gasteiger partial charge >= 0.3 is 0 Å². The molecule has 44 heavy (non-hydrogen) atoms. The molecule has 1 nitrogen and oxygen atoms in total. The summed E-state index contributed by atoms with van der Waals surface area (Å²) in [7, 11) is 0. The predicted molar refractivity (Wildman–Crippen MR) is 197 cm³/mol. The molecule has 0 aliphatic heterocycles. The number of hydrogen-bond acceptors (Lipinski definition) is 4. The van der Waals surface area contributed by atoms with Crippen molar-refractivity contribution in [3.05, 3.63) is 140 Å². The van der Waals surface area contributed by atoms with Gasteiger partial charge in [0.15, 0.2) is 0 Å². The molecule has 0 saturated carbocycles. The number of thiophene rings is 3. The van der Waals surface area contributed by atoms with E-state index in [9.17, 15) is 0 Å². The maximum absolute atomic E-state index is 2.45. The van der Waals surface area contributed by atoms with Crippen LogP contribution in [0.3, 0.4) is 0 Å². The minimum absolute atomic E-state index is 1.17. The molecular formula is C40H23NS3. The van der Waals surface area contributed by atoms with E-state index in [2.05, 4.69) is 144 Å². The van der Waals surface area contributed by atoms with E-state index in [4.69, 9.17) is 0 Å². The molecule has 0 unspecified atom stereocenters. The molecule has 10 aromatic rings. The Balaban J connectivity index is 1.26. The summed E-state index contributed by atoms with van der Waals surface area (Å²) in [6.07, 6.45) is 0. The molecule has 0 fully saturated rings. The molecule has 10 rings (SSSR count). The van der Waals surface area contributed by atoms with E-state index in [1.165, 1.54) is 88.4 Å². The second-order valence-electron chi connectivity index (χ2n) is 11.3. The van der Waals surface area contributed by atoms with E-state index in [0.717, 1.165) is 0 Å². The normalized spacial score (nSPS) is 12.1. The van der Waals surface area contributed by atoms with Gasteiger partial charge in [-0.05, 0) is 72.1 Å². The lowest BCUT2D eigenvalue weighted by Crippen LogP contribution is -2.09. The Morgan fingerprint density at radius 3 is 1.34 bits per heavy atom. The minimum atomic E-state index is 1.17. The number of fused-ring (bicyclic) bond motifs is 11. The number of nitrogens with zero attached hydrogens (tertiary/aromatic N) is 1. The van der Waals surface area contributed by atoms with Crippen LogP contribution in [0, 0.1) is 0 Å². The van der Waals surface area contributed by atoms with Gasteiger partial charge in [0.05, 0.1) is 0 Å². The summed E-state index contributed by atoms with van der Waals surface area (Å²) in [5.41, 5.74) is 3.51. The summed E-state index contributed by atoms with van der Waals surface area (Å²) in [6, 6.07) is 51.8. The van der Waals surface area contributed by atoms with Crippen molar-refractivity contribution in [3.8, 4) is 0 Å². The van der Waals surface area contributed by atoms with Crippen molar-refractivity contribution in [2.45, 2.75) is 0 Å². The fourth-order valence-electron chi connectivity index (χ4n) is 6.78. The molecule has 0 amide bonds. The molecule has 3 heterocycles. The van der Waals surface area contributed by atoms with Gasteiger partial charge in [0, 0.05) is 83.0 Å². The standard InChI is InChI=1S/C40H23NS3/c1-6-12-37-28(7-1)31-18-14-24-13-15-25(21-32(24)40(31)44-37)41(26-16-19-38-33(22-26)29-8-2-4-10-35(29)42-38)27-17-20-39-34(23-27)30-9-3-5-11-36(30)43-39/h1-23H. The zero-order valence-electron chi connectivity index (χ0n) is 23.5. The van der Waals surface area contributed by atoms with E-state index in [1.54, 1.807) is 0 Å². The van der Waals surface area contributed by atoms with Gasteiger partial charge in [0.2, 0.25) is 0 Å². The Bertz CT molecular complexity index is 2630. The largest absolute Gasteiger partial charge is 0.310 e. The van der Waals surface area contributed by atoms with Gasteiger partial charge in [0.1, 0.15) is 0 Å². The van der Waals surface area contributed by atoms with Crippen molar-refractivity contribution >= 4 is 122 Å². The molecule has 0 spiro atoms. The monoisotopic (exact) mass is 613 g/mol. The van der Waals surface area contributed by atoms with Crippen LogP contribution in [-0.2, 0) is 0 Å². The number of benzene rings is 7. The van der Waals surface area contributed by atoms with Crippen molar-refractivity contribution in [3.63, 3.8) is 0 Å². The van der Waals surface area contributed by atoms with Gasteiger partial charge in [-0.3, -0.25) is 0 Å². The van der Waals surface area contributed by atoms with Crippen LogP contribution in [0.5, 0.6) is 0 Å². The van der Waals surface area contributed by atoms with Crippen LogP contribution in [0.15, 0.2) is 140 Å². The fraction of sp³-hybridized carbons (Fsp3) is 0. The van der Waals surface area contributed by atoms with Crippen LogP contribution in [-0.4, -0.2) is 0 Å². The molecule has 0 saturated heterocycles. The highest BCUT2D eigenvalue weighted by atomic mass is 32.1. The molecule has 0 atom stereocenters. The second-order valence-corrected chi connectivity index (χ2v) is 14.6. The van der Waals surface area contributed by atoms with E-state index in [1.807, 2.05) is 34.0 Å².